The number of hydrogen-bond donors (Lipinski definition) is 2. The van der Waals surface area contributed by atoms with Gasteiger partial charge in [0.05, 0.1) is 17.0 Å². The van der Waals surface area contributed by atoms with E-state index in [1.54, 1.807) is 17.5 Å². The SMILES string of the molecule is CC(C)(C)ONC(=O)CNC(=O)c1cccs1. The van der Waals surface area contributed by atoms with Crippen LogP contribution in [0.15, 0.2) is 17.5 Å². The highest BCUT2D eigenvalue weighted by Gasteiger charge is 2.13. The van der Waals surface area contributed by atoms with E-state index in [1.807, 2.05) is 20.8 Å². The van der Waals surface area contributed by atoms with Crippen molar-refractivity contribution < 1.29 is 14.4 Å². The van der Waals surface area contributed by atoms with E-state index in [0.29, 0.717) is 4.88 Å². The largest absolute Gasteiger partial charge is 0.342 e. The molecule has 2 N–H and O–H groups in total. The molecule has 1 aromatic rings. The van der Waals surface area contributed by atoms with Crippen molar-refractivity contribution >= 4 is 23.2 Å². The predicted molar refractivity (Wildman–Crippen MR) is 65.6 cm³/mol. The smallest absolute Gasteiger partial charge is 0.262 e. The Morgan fingerprint density at radius 2 is 2.12 bits per heavy atom. The maximum atomic E-state index is 11.5. The number of carbonyl (C=O) groups excluding carboxylic acids is 2. The van der Waals surface area contributed by atoms with E-state index < -0.39 is 5.60 Å². The van der Waals surface area contributed by atoms with Crippen LogP contribution in [0.3, 0.4) is 0 Å². The Morgan fingerprint density at radius 1 is 1.41 bits per heavy atom. The van der Waals surface area contributed by atoms with Crippen LogP contribution in [0.5, 0.6) is 0 Å². The van der Waals surface area contributed by atoms with Gasteiger partial charge < -0.3 is 5.32 Å². The first-order valence-corrected chi connectivity index (χ1v) is 6.05. The van der Waals surface area contributed by atoms with Crippen molar-refractivity contribution in [2.24, 2.45) is 0 Å². The lowest BCUT2D eigenvalue weighted by Crippen LogP contribution is -2.40. The summed E-state index contributed by atoms with van der Waals surface area (Å²) in [5, 5.41) is 4.30. The number of thiophene rings is 1. The lowest BCUT2D eigenvalue weighted by Gasteiger charge is -2.18. The van der Waals surface area contributed by atoms with Crippen LogP contribution in [-0.4, -0.2) is 24.0 Å². The van der Waals surface area contributed by atoms with Gasteiger partial charge in [-0.05, 0) is 32.2 Å². The Hall–Kier alpha value is -1.40. The Balaban J connectivity index is 2.27. The van der Waals surface area contributed by atoms with Crippen LogP contribution in [-0.2, 0) is 9.63 Å². The molecule has 0 radical (unpaired) electrons. The van der Waals surface area contributed by atoms with Crippen LogP contribution in [0.4, 0.5) is 0 Å². The molecule has 0 saturated heterocycles. The van der Waals surface area contributed by atoms with Gasteiger partial charge in [0.15, 0.2) is 0 Å². The number of nitrogens with one attached hydrogen (secondary N) is 2. The second-order valence-corrected chi connectivity index (χ2v) is 5.35. The molecule has 0 bridgehead atoms. The Bertz CT molecular complexity index is 382. The average molecular weight is 256 g/mol. The quantitative estimate of drug-likeness (QED) is 0.798. The highest BCUT2D eigenvalue weighted by Crippen LogP contribution is 2.07. The van der Waals surface area contributed by atoms with E-state index >= 15 is 0 Å². The minimum atomic E-state index is -0.451. The van der Waals surface area contributed by atoms with Gasteiger partial charge in [-0.2, -0.15) is 0 Å². The van der Waals surface area contributed by atoms with Gasteiger partial charge in [0, 0.05) is 0 Å². The molecule has 5 nitrogen and oxygen atoms in total. The van der Waals surface area contributed by atoms with Crippen LogP contribution < -0.4 is 10.8 Å². The molecule has 1 heterocycles. The van der Waals surface area contributed by atoms with Crippen LogP contribution >= 0.6 is 11.3 Å². The number of hydroxylamine groups is 1. The van der Waals surface area contributed by atoms with Gasteiger partial charge in [-0.25, -0.2) is 5.48 Å². The predicted octanol–water partition coefficient (Wildman–Crippen LogP) is 1.32. The van der Waals surface area contributed by atoms with Gasteiger partial charge in [-0.15, -0.1) is 11.3 Å². The third-order valence-electron chi connectivity index (χ3n) is 1.63. The standard InChI is InChI=1S/C11H16N2O3S/c1-11(2,3)16-13-9(14)7-12-10(15)8-5-4-6-17-8/h4-6H,7H2,1-3H3,(H,12,15)(H,13,14). The summed E-state index contributed by atoms with van der Waals surface area (Å²) in [7, 11) is 0. The number of amides is 2. The maximum Gasteiger partial charge on any atom is 0.262 e. The number of carbonyl (C=O) groups is 2. The van der Waals surface area contributed by atoms with E-state index in [1.165, 1.54) is 11.3 Å². The fourth-order valence-corrected chi connectivity index (χ4v) is 1.54. The molecule has 94 valence electrons. The third-order valence-corrected chi connectivity index (χ3v) is 2.49. The zero-order valence-electron chi connectivity index (χ0n) is 10.1. The third kappa shape index (κ3) is 5.46. The van der Waals surface area contributed by atoms with Gasteiger partial charge in [-0.3, -0.25) is 14.4 Å². The first-order valence-electron chi connectivity index (χ1n) is 5.17. The first-order chi connectivity index (χ1) is 7.88. The number of rotatable bonds is 4. The summed E-state index contributed by atoms with van der Waals surface area (Å²) in [6.07, 6.45) is 0. The van der Waals surface area contributed by atoms with E-state index in [9.17, 15) is 9.59 Å². The van der Waals surface area contributed by atoms with Gasteiger partial charge >= 0.3 is 0 Å². The van der Waals surface area contributed by atoms with Crippen molar-refractivity contribution in [3.8, 4) is 0 Å². The molecule has 0 atom stereocenters. The summed E-state index contributed by atoms with van der Waals surface area (Å²) in [5.74, 6) is -0.643. The van der Waals surface area contributed by atoms with Crippen molar-refractivity contribution in [1.29, 1.82) is 0 Å². The maximum absolute atomic E-state index is 11.5. The Morgan fingerprint density at radius 3 is 2.65 bits per heavy atom. The molecule has 0 aliphatic heterocycles. The molecule has 2 amide bonds. The van der Waals surface area contributed by atoms with Crippen LogP contribution in [0.2, 0.25) is 0 Å². The summed E-state index contributed by atoms with van der Waals surface area (Å²) >= 11 is 1.33. The van der Waals surface area contributed by atoms with E-state index in [4.69, 9.17) is 4.84 Å². The molecule has 0 fully saturated rings. The zero-order chi connectivity index (χ0) is 12.9. The lowest BCUT2D eigenvalue weighted by atomic mass is 10.2. The molecule has 1 rings (SSSR count). The number of hydrogen-bond acceptors (Lipinski definition) is 4. The summed E-state index contributed by atoms with van der Waals surface area (Å²) in [5.41, 5.74) is 1.82. The second-order valence-electron chi connectivity index (χ2n) is 4.40. The van der Waals surface area contributed by atoms with E-state index in [-0.39, 0.29) is 18.4 Å². The van der Waals surface area contributed by atoms with Crippen LogP contribution in [0.1, 0.15) is 30.4 Å². The molecule has 0 aliphatic carbocycles. The highest BCUT2D eigenvalue weighted by molar-refractivity contribution is 7.12. The van der Waals surface area contributed by atoms with Gasteiger partial charge in [-0.1, -0.05) is 6.07 Å². The van der Waals surface area contributed by atoms with Crippen LogP contribution in [0, 0.1) is 0 Å². The summed E-state index contributed by atoms with van der Waals surface area (Å²) in [6, 6.07) is 3.48. The molecular formula is C11H16N2O3S. The molecule has 0 aliphatic rings. The van der Waals surface area contributed by atoms with Crippen molar-refractivity contribution in [2.75, 3.05) is 6.54 Å². The minimum absolute atomic E-state index is 0.104. The minimum Gasteiger partial charge on any atom is -0.342 e. The van der Waals surface area contributed by atoms with Gasteiger partial charge in [0.25, 0.3) is 11.8 Å². The highest BCUT2D eigenvalue weighted by atomic mass is 32.1. The molecule has 0 unspecified atom stereocenters. The summed E-state index contributed by atoms with van der Waals surface area (Å²) < 4.78 is 0. The van der Waals surface area contributed by atoms with Crippen LogP contribution in [0.25, 0.3) is 0 Å². The van der Waals surface area contributed by atoms with E-state index in [2.05, 4.69) is 10.8 Å². The van der Waals surface area contributed by atoms with Crippen molar-refractivity contribution in [3.63, 3.8) is 0 Å². The molecule has 6 heteroatoms. The molecule has 0 saturated carbocycles. The topological polar surface area (TPSA) is 67.4 Å². The fraction of sp³-hybridized carbons (Fsp3) is 0.455. The molecular weight excluding hydrogens is 240 g/mol. The first kappa shape index (κ1) is 13.7. The fourth-order valence-electron chi connectivity index (χ4n) is 0.902. The Labute approximate surface area is 104 Å². The van der Waals surface area contributed by atoms with Gasteiger partial charge in [0.2, 0.25) is 0 Å². The van der Waals surface area contributed by atoms with Crippen molar-refractivity contribution in [3.05, 3.63) is 22.4 Å². The van der Waals surface area contributed by atoms with Gasteiger partial charge in [0.1, 0.15) is 0 Å². The molecule has 17 heavy (non-hydrogen) atoms. The van der Waals surface area contributed by atoms with Crippen molar-refractivity contribution in [2.45, 2.75) is 26.4 Å². The summed E-state index contributed by atoms with van der Waals surface area (Å²) in [6.45, 7) is 5.35. The second kappa shape index (κ2) is 5.79. The normalized spacial score (nSPS) is 11.0. The molecule has 1 aromatic heterocycles. The monoisotopic (exact) mass is 256 g/mol. The summed E-state index contributed by atoms with van der Waals surface area (Å²) in [4.78, 5) is 28.5. The average Bonchev–Trinajstić information content (AvgIpc) is 2.75. The molecule has 0 aromatic carbocycles. The zero-order valence-corrected chi connectivity index (χ0v) is 10.9. The molecule has 0 spiro atoms. The Kier molecular flexibility index (Phi) is 4.65. The lowest BCUT2D eigenvalue weighted by molar-refractivity contribution is -0.144. The van der Waals surface area contributed by atoms with Crippen molar-refractivity contribution in [1.82, 2.24) is 10.8 Å². The van der Waals surface area contributed by atoms with E-state index in [0.717, 1.165) is 0 Å².